The van der Waals surface area contributed by atoms with E-state index in [1.54, 1.807) is 16.4 Å². The quantitative estimate of drug-likeness (QED) is 0.581. The molecular weight excluding hydrogens is 366 g/mol. The number of aromatic nitrogens is 2. The lowest BCUT2D eigenvalue weighted by Crippen LogP contribution is -2.17. The van der Waals surface area contributed by atoms with Crippen molar-refractivity contribution >= 4 is 23.5 Å². The summed E-state index contributed by atoms with van der Waals surface area (Å²) >= 11 is 1.56. The molecule has 0 saturated carbocycles. The lowest BCUT2D eigenvalue weighted by molar-refractivity contribution is -0.113. The van der Waals surface area contributed by atoms with Crippen molar-refractivity contribution in [3.8, 4) is 5.69 Å². The molecule has 4 nitrogen and oxygen atoms in total. The predicted octanol–water partition coefficient (Wildman–Crippen LogP) is 5.52. The zero-order chi connectivity index (χ0) is 20.3. The van der Waals surface area contributed by atoms with Crippen LogP contribution < -0.4 is 5.32 Å². The smallest absolute Gasteiger partial charge is 0.235 e. The summed E-state index contributed by atoms with van der Waals surface area (Å²) in [7, 11) is 0. The number of carbonyl (C=O) groups excluding carboxylic acids is 1. The monoisotopic (exact) mass is 393 g/mol. The number of rotatable bonds is 5. The van der Waals surface area contributed by atoms with Crippen molar-refractivity contribution in [1.29, 1.82) is 0 Å². The second-order valence-corrected chi connectivity index (χ2v) is 9.04. The molecule has 0 atom stereocenters. The molecule has 5 heteroatoms. The fraction of sp³-hybridized carbons (Fsp3) is 0.304. The van der Waals surface area contributed by atoms with Crippen LogP contribution in [0.15, 0.2) is 59.5 Å². The fourth-order valence-corrected chi connectivity index (χ4v) is 3.71. The van der Waals surface area contributed by atoms with Crippen molar-refractivity contribution in [1.82, 2.24) is 9.78 Å². The van der Waals surface area contributed by atoms with Crippen LogP contribution in [0.1, 0.15) is 37.6 Å². The maximum atomic E-state index is 12.7. The van der Waals surface area contributed by atoms with Gasteiger partial charge in [0.15, 0.2) is 0 Å². The minimum absolute atomic E-state index is 0.0385. The normalized spacial score (nSPS) is 11.5. The van der Waals surface area contributed by atoms with E-state index < -0.39 is 0 Å². The van der Waals surface area contributed by atoms with Gasteiger partial charge in [-0.1, -0.05) is 56.7 Å². The van der Waals surface area contributed by atoms with E-state index in [0.29, 0.717) is 11.6 Å². The van der Waals surface area contributed by atoms with Crippen molar-refractivity contribution in [3.63, 3.8) is 0 Å². The zero-order valence-corrected chi connectivity index (χ0v) is 17.9. The summed E-state index contributed by atoms with van der Waals surface area (Å²) < 4.78 is 1.81. The SMILES string of the molecule is Cc1ccc(C)c(SCC(=O)Nc2cc(C(C)(C)C)nn2-c2ccccc2)c1. The Balaban J connectivity index is 1.80. The maximum Gasteiger partial charge on any atom is 0.235 e. The van der Waals surface area contributed by atoms with E-state index in [-0.39, 0.29) is 11.3 Å². The molecule has 0 unspecified atom stereocenters. The average molecular weight is 394 g/mol. The molecule has 0 bridgehead atoms. The number of hydrogen-bond acceptors (Lipinski definition) is 3. The standard InChI is InChI=1S/C23H27N3OS/c1-16-11-12-17(2)19(13-16)28-15-22(27)24-21-14-20(23(3,4)5)25-26(21)18-9-7-6-8-10-18/h6-14H,15H2,1-5H3,(H,24,27). The first kappa shape index (κ1) is 20.2. The van der Waals surface area contributed by atoms with E-state index in [9.17, 15) is 4.79 Å². The lowest BCUT2D eigenvalue weighted by Gasteiger charge is -2.14. The molecule has 28 heavy (non-hydrogen) atoms. The molecule has 0 radical (unpaired) electrons. The van der Waals surface area contributed by atoms with Crippen molar-refractivity contribution in [2.24, 2.45) is 0 Å². The number of para-hydroxylation sites is 1. The summed E-state index contributed by atoms with van der Waals surface area (Å²) in [5.41, 5.74) is 4.15. The van der Waals surface area contributed by atoms with Gasteiger partial charge in [0.05, 0.1) is 17.1 Å². The third-order valence-corrected chi connectivity index (χ3v) is 5.61. The molecular formula is C23H27N3OS. The van der Waals surface area contributed by atoms with Gasteiger partial charge in [-0.05, 0) is 37.6 Å². The minimum Gasteiger partial charge on any atom is -0.310 e. The Morgan fingerprint density at radius 3 is 2.46 bits per heavy atom. The second kappa shape index (κ2) is 8.23. The van der Waals surface area contributed by atoms with Crippen molar-refractivity contribution in [2.75, 3.05) is 11.1 Å². The van der Waals surface area contributed by atoms with Gasteiger partial charge in [-0.2, -0.15) is 5.10 Å². The number of nitrogens with zero attached hydrogens (tertiary/aromatic N) is 2. The Hall–Kier alpha value is -2.53. The summed E-state index contributed by atoms with van der Waals surface area (Å²) in [5.74, 6) is 1.01. The number of amides is 1. The largest absolute Gasteiger partial charge is 0.310 e. The molecule has 0 fully saturated rings. The van der Waals surface area contributed by atoms with Gasteiger partial charge in [0.25, 0.3) is 0 Å². The third kappa shape index (κ3) is 4.84. The van der Waals surface area contributed by atoms with Gasteiger partial charge in [-0.15, -0.1) is 11.8 Å². The highest BCUT2D eigenvalue weighted by Gasteiger charge is 2.21. The molecule has 1 N–H and O–H groups in total. The topological polar surface area (TPSA) is 46.9 Å². The molecule has 0 aliphatic rings. The van der Waals surface area contributed by atoms with Crippen LogP contribution in [0.4, 0.5) is 5.82 Å². The number of nitrogens with one attached hydrogen (secondary N) is 1. The molecule has 1 aromatic heterocycles. The second-order valence-electron chi connectivity index (χ2n) is 8.02. The molecule has 2 aromatic carbocycles. The number of aryl methyl sites for hydroxylation is 2. The molecule has 146 valence electrons. The number of hydrogen-bond donors (Lipinski definition) is 1. The molecule has 0 saturated heterocycles. The van der Waals surface area contributed by atoms with E-state index in [0.717, 1.165) is 16.3 Å². The van der Waals surface area contributed by atoms with E-state index in [2.05, 4.69) is 58.1 Å². The Bertz CT molecular complexity index is 971. The minimum atomic E-state index is -0.104. The van der Waals surface area contributed by atoms with Crippen LogP contribution in [0.3, 0.4) is 0 Å². The van der Waals surface area contributed by atoms with Crippen molar-refractivity contribution in [3.05, 3.63) is 71.4 Å². The molecule has 0 aliphatic carbocycles. The van der Waals surface area contributed by atoms with Gasteiger partial charge in [-0.25, -0.2) is 4.68 Å². The van der Waals surface area contributed by atoms with Gasteiger partial charge in [0.1, 0.15) is 5.82 Å². The average Bonchev–Trinajstić information content (AvgIpc) is 3.07. The number of thioether (sulfide) groups is 1. The van der Waals surface area contributed by atoms with Crippen LogP contribution in [-0.4, -0.2) is 21.4 Å². The van der Waals surface area contributed by atoms with Crippen LogP contribution in [0.2, 0.25) is 0 Å². The molecule has 0 aliphatic heterocycles. The Morgan fingerprint density at radius 1 is 1.07 bits per heavy atom. The Morgan fingerprint density at radius 2 is 1.79 bits per heavy atom. The van der Waals surface area contributed by atoms with Crippen LogP contribution in [-0.2, 0) is 10.2 Å². The first-order chi connectivity index (χ1) is 13.2. The summed E-state index contributed by atoms with van der Waals surface area (Å²) in [6, 6.07) is 18.1. The van der Waals surface area contributed by atoms with Gasteiger partial charge in [0, 0.05) is 16.4 Å². The van der Waals surface area contributed by atoms with E-state index >= 15 is 0 Å². The fourth-order valence-electron chi connectivity index (χ4n) is 2.79. The van der Waals surface area contributed by atoms with Gasteiger partial charge >= 0.3 is 0 Å². The summed E-state index contributed by atoms with van der Waals surface area (Å²) in [4.78, 5) is 13.8. The summed E-state index contributed by atoms with van der Waals surface area (Å²) in [6.07, 6.45) is 0. The number of benzene rings is 2. The highest BCUT2D eigenvalue weighted by Crippen LogP contribution is 2.27. The van der Waals surface area contributed by atoms with Crippen LogP contribution in [0.5, 0.6) is 0 Å². The number of anilines is 1. The maximum absolute atomic E-state index is 12.7. The van der Waals surface area contributed by atoms with Gasteiger partial charge in [-0.3, -0.25) is 4.79 Å². The van der Waals surface area contributed by atoms with Crippen LogP contribution in [0.25, 0.3) is 5.69 Å². The van der Waals surface area contributed by atoms with Crippen molar-refractivity contribution in [2.45, 2.75) is 44.9 Å². The van der Waals surface area contributed by atoms with Crippen LogP contribution >= 0.6 is 11.8 Å². The first-order valence-corrected chi connectivity index (χ1v) is 10.4. The summed E-state index contributed by atoms with van der Waals surface area (Å²) in [5, 5.41) is 7.79. The molecule has 3 rings (SSSR count). The van der Waals surface area contributed by atoms with Gasteiger partial charge in [0.2, 0.25) is 5.91 Å². The molecule has 3 aromatic rings. The molecule has 0 spiro atoms. The highest BCUT2D eigenvalue weighted by atomic mass is 32.2. The molecule has 1 amide bonds. The third-order valence-electron chi connectivity index (χ3n) is 4.45. The van der Waals surface area contributed by atoms with E-state index in [1.807, 2.05) is 36.4 Å². The highest BCUT2D eigenvalue weighted by molar-refractivity contribution is 8.00. The summed E-state index contributed by atoms with van der Waals surface area (Å²) in [6.45, 7) is 10.5. The van der Waals surface area contributed by atoms with E-state index in [4.69, 9.17) is 5.10 Å². The number of carbonyl (C=O) groups is 1. The lowest BCUT2D eigenvalue weighted by atomic mass is 9.92. The Labute approximate surface area is 171 Å². The zero-order valence-electron chi connectivity index (χ0n) is 17.1. The first-order valence-electron chi connectivity index (χ1n) is 9.40. The predicted molar refractivity (Wildman–Crippen MR) is 118 cm³/mol. The van der Waals surface area contributed by atoms with Crippen LogP contribution in [0, 0.1) is 13.8 Å². The molecule has 1 heterocycles. The Kier molecular flexibility index (Phi) is 5.94. The van der Waals surface area contributed by atoms with Gasteiger partial charge < -0.3 is 5.32 Å². The van der Waals surface area contributed by atoms with E-state index in [1.165, 1.54) is 11.1 Å². The van der Waals surface area contributed by atoms with Crippen molar-refractivity contribution < 1.29 is 4.79 Å².